The summed E-state index contributed by atoms with van der Waals surface area (Å²) < 4.78 is 0. The van der Waals surface area contributed by atoms with Gasteiger partial charge in [-0.3, -0.25) is 0 Å². The third-order valence-electron chi connectivity index (χ3n) is 5.11. The van der Waals surface area contributed by atoms with Crippen LogP contribution in [0.4, 0.5) is 0 Å². The van der Waals surface area contributed by atoms with Crippen LogP contribution in [0.15, 0.2) is 41.2 Å². The van der Waals surface area contributed by atoms with Gasteiger partial charge in [-0.15, -0.1) is 0 Å². The molecule has 1 aromatic carbocycles. The quantitative estimate of drug-likeness (QED) is 0.583. The standard InChI is InChI=1S/C18H24O5/c1-11-15(10-21)17(23)12(8-19)5-6-18(11,2)14-3-4-16(22)13(7-14)9-20/h3-5,7,11,19-23H,6,8-10H2,1-2H3. The maximum atomic E-state index is 10.3. The number of hydrogen-bond acceptors (Lipinski definition) is 5. The molecule has 5 N–H and O–H groups in total. The lowest BCUT2D eigenvalue weighted by Gasteiger charge is -2.36. The normalized spacial score (nSPS) is 25.3. The molecule has 0 radical (unpaired) electrons. The zero-order valence-corrected chi connectivity index (χ0v) is 13.5. The molecule has 0 saturated carbocycles. The average Bonchev–Trinajstić information content (AvgIpc) is 2.64. The fraction of sp³-hybridized carbons (Fsp3) is 0.444. The largest absolute Gasteiger partial charge is 0.508 e. The number of benzene rings is 1. The lowest BCUT2D eigenvalue weighted by molar-refractivity contribution is 0.261. The van der Waals surface area contributed by atoms with Crippen LogP contribution in [0.2, 0.25) is 0 Å². The van der Waals surface area contributed by atoms with Crippen LogP contribution >= 0.6 is 0 Å². The van der Waals surface area contributed by atoms with Crippen LogP contribution in [0, 0.1) is 5.92 Å². The number of aromatic hydroxyl groups is 1. The van der Waals surface area contributed by atoms with E-state index in [0.717, 1.165) is 5.56 Å². The Morgan fingerprint density at radius 1 is 1.09 bits per heavy atom. The van der Waals surface area contributed by atoms with E-state index < -0.39 is 5.41 Å². The molecule has 1 aliphatic rings. The van der Waals surface area contributed by atoms with Gasteiger partial charge >= 0.3 is 0 Å². The Bertz CT molecular complexity index is 647. The third kappa shape index (κ3) is 3.00. The Balaban J connectivity index is 2.58. The number of hydrogen-bond donors (Lipinski definition) is 5. The summed E-state index contributed by atoms with van der Waals surface area (Å²) in [5.74, 6) is -0.204. The van der Waals surface area contributed by atoms with E-state index in [4.69, 9.17) is 0 Å². The van der Waals surface area contributed by atoms with Gasteiger partial charge in [-0.25, -0.2) is 0 Å². The van der Waals surface area contributed by atoms with Gasteiger partial charge < -0.3 is 25.5 Å². The van der Waals surface area contributed by atoms with Crippen molar-refractivity contribution in [2.45, 2.75) is 32.3 Å². The molecule has 1 aromatic rings. The van der Waals surface area contributed by atoms with Crippen molar-refractivity contribution in [3.05, 3.63) is 52.3 Å². The molecule has 0 aromatic heterocycles. The van der Waals surface area contributed by atoms with Gasteiger partial charge in [0.2, 0.25) is 0 Å². The lowest BCUT2D eigenvalue weighted by Crippen LogP contribution is -2.32. The third-order valence-corrected chi connectivity index (χ3v) is 5.11. The first kappa shape index (κ1) is 17.5. The van der Waals surface area contributed by atoms with E-state index >= 15 is 0 Å². The maximum absolute atomic E-state index is 10.3. The summed E-state index contributed by atoms with van der Waals surface area (Å²) in [4.78, 5) is 0. The lowest BCUT2D eigenvalue weighted by atomic mass is 9.68. The summed E-state index contributed by atoms with van der Waals surface area (Å²) in [7, 11) is 0. The fourth-order valence-electron chi connectivity index (χ4n) is 3.19. The minimum Gasteiger partial charge on any atom is -0.508 e. The zero-order valence-electron chi connectivity index (χ0n) is 13.5. The van der Waals surface area contributed by atoms with Gasteiger partial charge in [-0.1, -0.05) is 26.0 Å². The molecule has 23 heavy (non-hydrogen) atoms. The number of rotatable bonds is 4. The zero-order chi connectivity index (χ0) is 17.2. The van der Waals surface area contributed by atoms with Gasteiger partial charge in [0, 0.05) is 22.1 Å². The van der Waals surface area contributed by atoms with Crippen molar-refractivity contribution < 1.29 is 25.5 Å². The minimum atomic E-state index is -0.458. The predicted octanol–water partition coefficient (Wildman–Crippen LogP) is 1.91. The highest BCUT2D eigenvalue weighted by Crippen LogP contribution is 2.44. The molecule has 0 amide bonds. The molecule has 0 spiro atoms. The molecule has 5 heteroatoms. The predicted molar refractivity (Wildman–Crippen MR) is 87.1 cm³/mol. The van der Waals surface area contributed by atoms with Crippen LogP contribution in [-0.4, -0.2) is 38.7 Å². The van der Waals surface area contributed by atoms with Crippen molar-refractivity contribution in [2.75, 3.05) is 13.2 Å². The summed E-state index contributed by atoms with van der Waals surface area (Å²) in [6, 6.07) is 5.08. The van der Waals surface area contributed by atoms with E-state index in [1.807, 2.05) is 13.8 Å². The van der Waals surface area contributed by atoms with Crippen molar-refractivity contribution in [1.29, 1.82) is 0 Å². The van der Waals surface area contributed by atoms with E-state index in [-0.39, 0.29) is 37.2 Å². The molecule has 2 rings (SSSR count). The summed E-state index contributed by atoms with van der Waals surface area (Å²) in [5.41, 5.74) is 1.75. The number of aliphatic hydroxyl groups excluding tert-OH is 4. The van der Waals surface area contributed by atoms with Crippen LogP contribution in [0.3, 0.4) is 0 Å². The van der Waals surface area contributed by atoms with E-state index in [1.165, 1.54) is 0 Å². The fourth-order valence-corrected chi connectivity index (χ4v) is 3.19. The van der Waals surface area contributed by atoms with Crippen molar-refractivity contribution in [1.82, 2.24) is 0 Å². The van der Waals surface area contributed by atoms with Gasteiger partial charge in [0.1, 0.15) is 11.5 Å². The van der Waals surface area contributed by atoms with E-state index in [9.17, 15) is 25.5 Å². The number of aliphatic hydroxyl groups is 4. The van der Waals surface area contributed by atoms with Gasteiger partial charge in [-0.05, 0) is 30.0 Å². The highest BCUT2D eigenvalue weighted by atomic mass is 16.3. The summed E-state index contributed by atoms with van der Waals surface area (Å²) in [6.45, 7) is 3.06. The first-order valence-corrected chi connectivity index (χ1v) is 7.65. The first-order chi connectivity index (χ1) is 10.9. The molecular formula is C18H24O5. The summed E-state index contributed by atoms with van der Waals surface area (Å²) in [5, 5.41) is 48.6. The number of allylic oxidation sites excluding steroid dienone is 1. The maximum Gasteiger partial charge on any atom is 0.122 e. The smallest absolute Gasteiger partial charge is 0.122 e. The van der Waals surface area contributed by atoms with Gasteiger partial charge in [0.05, 0.1) is 19.8 Å². The molecule has 2 unspecified atom stereocenters. The van der Waals surface area contributed by atoms with Gasteiger partial charge in [0.25, 0.3) is 0 Å². The van der Waals surface area contributed by atoms with Gasteiger partial charge in [0.15, 0.2) is 0 Å². The van der Waals surface area contributed by atoms with Crippen LogP contribution in [0.25, 0.3) is 0 Å². The monoisotopic (exact) mass is 320 g/mol. The Morgan fingerprint density at radius 3 is 2.35 bits per heavy atom. The van der Waals surface area contributed by atoms with Crippen molar-refractivity contribution in [3.63, 3.8) is 0 Å². The molecule has 0 saturated heterocycles. The van der Waals surface area contributed by atoms with Crippen LogP contribution in [0.5, 0.6) is 5.75 Å². The van der Waals surface area contributed by atoms with Crippen molar-refractivity contribution in [2.24, 2.45) is 5.92 Å². The second-order valence-electron chi connectivity index (χ2n) is 6.26. The van der Waals surface area contributed by atoms with Crippen molar-refractivity contribution in [3.8, 4) is 5.75 Å². The Hall–Kier alpha value is -1.82. The van der Waals surface area contributed by atoms with E-state index in [1.54, 1.807) is 24.3 Å². The van der Waals surface area contributed by atoms with Crippen LogP contribution in [0.1, 0.15) is 31.4 Å². The molecule has 0 bridgehead atoms. The Kier molecular flexibility index (Phi) is 5.14. The molecule has 0 heterocycles. The highest BCUT2D eigenvalue weighted by molar-refractivity contribution is 5.44. The first-order valence-electron chi connectivity index (χ1n) is 7.65. The second kappa shape index (κ2) is 6.74. The highest BCUT2D eigenvalue weighted by Gasteiger charge is 2.38. The number of phenols is 1. The van der Waals surface area contributed by atoms with Crippen LogP contribution < -0.4 is 0 Å². The summed E-state index contributed by atoms with van der Waals surface area (Å²) >= 11 is 0. The molecule has 126 valence electrons. The van der Waals surface area contributed by atoms with E-state index in [0.29, 0.717) is 23.1 Å². The van der Waals surface area contributed by atoms with Gasteiger partial charge in [-0.2, -0.15) is 0 Å². The topological polar surface area (TPSA) is 101 Å². The molecule has 0 aliphatic heterocycles. The molecular weight excluding hydrogens is 296 g/mol. The Morgan fingerprint density at radius 2 is 1.78 bits per heavy atom. The van der Waals surface area contributed by atoms with Crippen molar-refractivity contribution >= 4 is 0 Å². The minimum absolute atomic E-state index is 0.0356. The Labute approximate surface area is 135 Å². The summed E-state index contributed by atoms with van der Waals surface area (Å²) in [6.07, 6.45) is 2.33. The molecule has 5 nitrogen and oxygen atoms in total. The molecule has 1 aliphatic carbocycles. The second-order valence-corrected chi connectivity index (χ2v) is 6.26. The van der Waals surface area contributed by atoms with Crippen LogP contribution in [-0.2, 0) is 12.0 Å². The molecule has 0 fully saturated rings. The average molecular weight is 320 g/mol. The van der Waals surface area contributed by atoms with E-state index in [2.05, 4.69) is 0 Å². The SMILES string of the molecule is CC1C(CO)=C(O)C(CO)=CCC1(C)c1ccc(O)c(CO)c1. The molecule has 2 atom stereocenters.